The van der Waals surface area contributed by atoms with Crippen LogP contribution in [0.5, 0.6) is 0 Å². The number of halogens is 2. The van der Waals surface area contributed by atoms with Gasteiger partial charge in [-0.25, -0.2) is 0 Å². The minimum absolute atomic E-state index is 1.10. The number of rotatable bonds is 4. The number of benzene rings is 4. The average Bonchev–Trinajstić information content (AvgIpc) is 2.72. The van der Waals surface area contributed by atoms with E-state index in [1.54, 1.807) is 0 Å². The summed E-state index contributed by atoms with van der Waals surface area (Å²) in [6, 6.07) is 29.8. The maximum atomic E-state index is 3.47. The first-order valence-electron chi connectivity index (χ1n) is 9.07. The zero-order valence-electron chi connectivity index (χ0n) is 15.1. The van der Waals surface area contributed by atoms with E-state index in [2.05, 4.69) is 141 Å². The lowest BCUT2D eigenvalue weighted by Gasteiger charge is -2.02. The van der Waals surface area contributed by atoms with Crippen LogP contribution in [0.4, 0.5) is 0 Å². The van der Waals surface area contributed by atoms with Gasteiger partial charge in [-0.2, -0.15) is 0 Å². The molecule has 0 atom stereocenters. The van der Waals surface area contributed by atoms with E-state index in [0.29, 0.717) is 0 Å². The van der Waals surface area contributed by atoms with Crippen molar-refractivity contribution in [1.82, 2.24) is 0 Å². The highest BCUT2D eigenvalue weighted by molar-refractivity contribution is 9.10. The normalized spacial score (nSPS) is 11.6. The quantitative estimate of drug-likeness (QED) is 0.251. The second kappa shape index (κ2) is 8.72. The van der Waals surface area contributed by atoms with Crippen molar-refractivity contribution < 1.29 is 0 Å². The molecular weight excluding hydrogens is 472 g/mol. The van der Waals surface area contributed by atoms with Crippen molar-refractivity contribution in [1.29, 1.82) is 0 Å². The molecule has 0 aliphatic rings. The van der Waals surface area contributed by atoms with Gasteiger partial charge in [-0.3, -0.25) is 0 Å². The van der Waals surface area contributed by atoms with Crippen LogP contribution in [0.2, 0.25) is 0 Å². The lowest BCUT2D eigenvalue weighted by Crippen LogP contribution is -1.79. The van der Waals surface area contributed by atoms with Crippen molar-refractivity contribution in [2.45, 2.75) is 0 Å². The molecule has 0 saturated heterocycles. The Morgan fingerprint density at radius 2 is 0.750 bits per heavy atom. The Morgan fingerprint density at radius 3 is 1.18 bits per heavy atom. The van der Waals surface area contributed by atoms with Gasteiger partial charge in [0.15, 0.2) is 0 Å². The predicted molar refractivity (Wildman–Crippen MR) is 130 cm³/mol. The Morgan fingerprint density at radius 1 is 0.393 bits per heavy atom. The highest BCUT2D eigenvalue weighted by atomic mass is 79.9. The minimum atomic E-state index is 1.10. The van der Waals surface area contributed by atoms with Gasteiger partial charge in [0.25, 0.3) is 0 Å². The molecule has 0 bridgehead atoms. The lowest BCUT2D eigenvalue weighted by molar-refractivity contribution is 1.61. The third-order valence-electron chi connectivity index (χ3n) is 4.56. The molecule has 0 amide bonds. The summed E-state index contributed by atoms with van der Waals surface area (Å²) >= 11 is 6.95. The van der Waals surface area contributed by atoms with Crippen molar-refractivity contribution in [2.24, 2.45) is 0 Å². The molecular formula is C26H18Br2. The molecule has 4 aromatic rings. The zero-order chi connectivity index (χ0) is 19.3. The van der Waals surface area contributed by atoms with E-state index in [4.69, 9.17) is 0 Å². The summed E-state index contributed by atoms with van der Waals surface area (Å²) in [4.78, 5) is 0. The van der Waals surface area contributed by atoms with Crippen molar-refractivity contribution in [3.05, 3.63) is 116 Å². The van der Waals surface area contributed by atoms with Crippen LogP contribution in [0.1, 0.15) is 22.3 Å². The molecule has 4 rings (SSSR count). The van der Waals surface area contributed by atoms with Gasteiger partial charge < -0.3 is 0 Å². The number of hydrogen-bond donors (Lipinski definition) is 0. The Bertz CT molecular complexity index is 1060. The molecule has 0 aromatic heterocycles. The van der Waals surface area contributed by atoms with Crippen LogP contribution in [-0.2, 0) is 0 Å². The van der Waals surface area contributed by atoms with E-state index in [1.165, 1.54) is 33.0 Å². The van der Waals surface area contributed by atoms with Gasteiger partial charge in [0.2, 0.25) is 0 Å². The molecule has 0 radical (unpaired) electrons. The maximum absolute atomic E-state index is 3.47. The minimum Gasteiger partial charge on any atom is -0.0544 e. The molecule has 2 heteroatoms. The third-order valence-corrected chi connectivity index (χ3v) is 5.62. The fourth-order valence-electron chi connectivity index (χ4n) is 3.02. The van der Waals surface area contributed by atoms with Crippen LogP contribution < -0.4 is 0 Å². The zero-order valence-corrected chi connectivity index (χ0v) is 18.3. The molecule has 136 valence electrons. The topological polar surface area (TPSA) is 0 Å². The second-order valence-electron chi connectivity index (χ2n) is 6.64. The first-order chi connectivity index (χ1) is 13.7. The highest BCUT2D eigenvalue weighted by Crippen LogP contribution is 2.21. The summed E-state index contributed by atoms with van der Waals surface area (Å²) in [5, 5.41) is 2.50. The van der Waals surface area contributed by atoms with E-state index >= 15 is 0 Å². The summed E-state index contributed by atoms with van der Waals surface area (Å²) in [5.41, 5.74) is 4.78. The van der Waals surface area contributed by atoms with Gasteiger partial charge in [-0.05, 0) is 69.4 Å². The Labute approximate surface area is 182 Å². The number of fused-ring (bicyclic) bond motifs is 1. The summed E-state index contributed by atoms with van der Waals surface area (Å²) in [5.74, 6) is 0. The van der Waals surface area contributed by atoms with Crippen LogP contribution in [0.3, 0.4) is 0 Å². The van der Waals surface area contributed by atoms with E-state index < -0.39 is 0 Å². The molecule has 0 unspecified atom stereocenters. The molecule has 0 aliphatic heterocycles. The van der Waals surface area contributed by atoms with E-state index in [-0.39, 0.29) is 0 Å². The van der Waals surface area contributed by atoms with Crippen molar-refractivity contribution in [3.8, 4) is 0 Å². The van der Waals surface area contributed by atoms with Crippen molar-refractivity contribution in [3.63, 3.8) is 0 Å². The second-order valence-corrected chi connectivity index (χ2v) is 8.47. The van der Waals surface area contributed by atoms with E-state index in [1.807, 2.05) is 0 Å². The van der Waals surface area contributed by atoms with Crippen LogP contribution in [0, 0.1) is 0 Å². The SMILES string of the molecule is Brc1ccc(C=Cc2ccc3ccc(C=Cc4ccc(Br)cc4)cc3c2)cc1. The number of hydrogen-bond acceptors (Lipinski definition) is 0. The molecule has 28 heavy (non-hydrogen) atoms. The smallest absolute Gasteiger partial charge is 0.0175 e. The van der Waals surface area contributed by atoms with E-state index in [9.17, 15) is 0 Å². The fourth-order valence-corrected chi connectivity index (χ4v) is 3.55. The van der Waals surface area contributed by atoms with Crippen LogP contribution in [-0.4, -0.2) is 0 Å². The molecule has 0 saturated carbocycles. The lowest BCUT2D eigenvalue weighted by atomic mass is 10.0. The molecule has 0 spiro atoms. The predicted octanol–water partition coefficient (Wildman–Crippen LogP) is 8.71. The van der Waals surface area contributed by atoms with Gasteiger partial charge in [-0.1, -0.05) is 105 Å². The summed E-state index contributed by atoms with van der Waals surface area (Å²) in [6.45, 7) is 0. The molecule has 0 fully saturated rings. The first kappa shape index (κ1) is 18.9. The summed E-state index contributed by atoms with van der Waals surface area (Å²) < 4.78 is 2.19. The molecule has 4 aromatic carbocycles. The van der Waals surface area contributed by atoms with Crippen molar-refractivity contribution >= 4 is 66.9 Å². The monoisotopic (exact) mass is 488 g/mol. The Kier molecular flexibility index (Phi) is 5.90. The molecule has 0 aliphatic carbocycles. The third kappa shape index (κ3) is 4.89. The standard InChI is InChI=1S/C26H18Br2/c27-25-13-7-19(8-14-25)1-3-21-5-11-23-12-6-22(18-24(23)17-21)4-2-20-9-15-26(28)16-10-20/h1-18H. The van der Waals surface area contributed by atoms with Crippen LogP contribution >= 0.6 is 31.9 Å². The van der Waals surface area contributed by atoms with Gasteiger partial charge in [0.05, 0.1) is 0 Å². The Hall–Kier alpha value is -2.42. The molecule has 0 nitrogen and oxygen atoms in total. The average molecular weight is 490 g/mol. The van der Waals surface area contributed by atoms with Crippen molar-refractivity contribution in [2.75, 3.05) is 0 Å². The van der Waals surface area contributed by atoms with Crippen LogP contribution in [0.15, 0.2) is 93.9 Å². The fraction of sp³-hybridized carbons (Fsp3) is 0. The summed E-state index contributed by atoms with van der Waals surface area (Å²) in [7, 11) is 0. The first-order valence-corrected chi connectivity index (χ1v) is 10.7. The highest BCUT2D eigenvalue weighted by Gasteiger charge is 1.97. The van der Waals surface area contributed by atoms with Gasteiger partial charge >= 0.3 is 0 Å². The Balaban J connectivity index is 1.57. The molecule has 0 heterocycles. The van der Waals surface area contributed by atoms with Gasteiger partial charge in [0, 0.05) is 8.95 Å². The molecule has 0 N–H and O–H groups in total. The largest absolute Gasteiger partial charge is 0.0544 e. The van der Waals surface area contributed by atoms with Gasteiger partial charge in [-0.15, -0.1) is 0 Å². The van der Waals surface area contributed by atoms with Gasteiger partial charge in [0.1, 0.15) is 0 Å². The van der Waals surface area contributed by atoms with E-state index in [0.717, 1.165) is 8.95 Å². The maximum Gasteiger partial charge on any atom is 0.0175 e. The summed E-state index contributed by atoms with van der Waals surface area (Å²) in [6.07, 6.45) is 8.61. The van der Waals surface area contributed by atoms with Crippen LogP contribution in [0.25, 0.3) is 35.1 Å².